The maximum atomic E-state index is 3.94. The summed E-state index contributed by atoms with van der Waals surface area (Å²) in [7, 11) is 0. The van der Waals surface area contributed by atoms with Crippen molar-refractivity contribution in [2.45, 2.75) is 13.5 Å². The fraction of sp³-hybridized carbons (Fsp3) is 0.222. The highest BCUT2D eigenvalue weighted by molar-refractivity contribution is 5.21. The summed E-state index contributed by atoms with van der Waals surface area (Å²) < 4.78 is 0. The van der Waals surface area contributed by atoms with Gasteiger partial charge in [-0.25, -0.2) is 0 Å². The van der Waals surface area contributed by atoms with Gasteiger partial charge in [0.15, 0.2) is 6.33 Å². The zero-order valence-electron chi connectivity index (χ0n) is 7.38. The van der Waals surface area contributed by atoms with Crippen LogP contribution in [0.25, 0.3) is 0 Å². The minimum absolute atomic E-state index is 0.682. The van der Waals surface area contributed by atoms with Gasteiger partial charge < -0.3 is 0 Å². The van der Waals surface area contributed by atoms with Crippen LogP contribution in [0.3, 0.4) is 0 Å². The summed E-state index contributed by atoms with van der Waals surface area (Å²) in [5.41, 5.74) is 2.44. The molecule has 66 valence electrons. The van der Waals surface area contributed by atoms with Crippen LogP contribution < -0.4 is 0 Å². The van der Waals surface area contributed by atoms with Crippen LogP contribution in [-0.2, 0) is 6.54 Å². The van der Waals surface area contributed by atoms with E-state index >= 15 is 0 Å². The molecule has 0 amide bonds. The molecule has 2 rings (SSSR count). The Labute approximate surface area is 76.2 Å². The van der Waals surface area contributed by atoms with Crippen molar-refractivity contribution in [3.63, 3.8) is 0 Å². The average Bonchev–Trinajstić information content (AvgIpc) is 2.57. The van der Waals surface area contributed by atoms with Gasteiger partial charge >= 0.3 is 0 Å². The smallest absolute Gasteiger partial charge is 0.160 e. The minimum Gasteiger partial charge on any atom is -0.160 e. The molecular weight excluding hydrogens is 164 g/mol. The highest BCUT2D eigenvalue weighted by Gasteiger charge is 1.95. The fourth-order valence-electron chi connectivity index (χ4n) is 1.23. The molecule has 0 aliphatic carbocycles. The van der Waals surface area contributed by atoms with E-state index in [1.807, 2.05) is 6.07 Å². The minimum atomic E-state index is 0.682. The lowest BCUT2D eigenvalue weighted by Crippen LogP contribution is -2.03. The van der Waals surface area contributed by atoms with E-state index in [1.54, 1.807) is 4.80 Å². The maximum Gasteiger partial charge on any atom is 0.162 e. The van der Waals surface area contributed by atoms with Crippen LogP contribution in [0.4, 0.5) is 0 Å². The van der Waals surface area contributed by atoms with Crippen molar-refractivity contribution in [1.29, 1.82) is 0 Å². The van der Waals surface area contributed by atoms with Gasteiger partial charge in [0, 0.05) is 0 Å². The molecule has 0 aliphatic heterocycles. The number of hydrogen-bond donors (Lipinski definition) is 0. The number of aromatic nitrogens is 4. The number of rotatable bonds is 2. The Hall–Kier alpha value is -1.71. The molecule has 0 fully saturated rings. The Morgan fingerprint density at radius 2 is 2.31 bits per heavy atom. The SMILES string of the molecule is Cc1cccc(Cn2ncnn2)c1. The van der Waals surface area contributed by atoms with Crippen molar-refractivity contribution in [3.8, 4) is 0 Å². The normalized spacial score (nSPS) is 10.2. The summed E-state index contributed by atoms with van der Waals surface area (Å²) in [5, 5.41) is 11.4. The Morgan fingerprint density at radius 1 is 1.38 bits per heavy atom. The number of tetrazole rings is 1. The van der Waals surface area contributed by atoms with E-state index in [4.69, 9.17) is 0 Å². The first kappa shape index (κ1) is 7.91. The zero-order valence-corrected chi connectivity index (χ0v) is 7.38. The van der Waals surface area contributed by atoms with Crippen LogP contribution in [-0.4, -0.2) is 20.2 Å². The third kappa shape index (κ3) is 1.90. The second kappa shape index (κ2) is 3.35. The lowest BCUT2D eigenvalue weighted by atomic mass is 10.1. The molecule has 0 radical (unpaired) electrons. The summed E-state index contributed by atoms with van der Waals surface area (Å²) in [6.45, 7) is 2.75. The molecular formula is C9H10N4. The van der Waals surface area contributed by atoms with Crippen LogP contribution >= 0.6 is 0 Å². The van der Waals surface area contributed by atoms with Crippen LogP contribution in [0.5, 0.6) is 0 Å². The van der Waals surface area contributed by atoms with Crippen molar-refractivity contribution < 1.29 is 0 Å². The molecule has 0 N–H and O–H groups in total. The number of nitrogens with zero attached hydrogens (tertiary/aromatic N) is 4. The second-order valence-electron chi connectivity index (χ2n) is 2.96. The molecule has 0 saturated heterocycles. The van der Waals surface area contributed by atoms with Gasteiger partial charge in [0.25, 0.3) is 0 Å². The maximum absolute atomic E-state index is 3.94. The quantitative estimate of drug-likeness (QED) is 0.683. The standard InChI is InChI=1S/C9H10N4/c1-8-3-2-4-9(5-8)6-13-11-7-10-12-13/h2-5,7H,6H2,1H3. The van der Waals surface area contributed by atoms with Crippen LogP contribution in [0.2, 0.25) is 0 Å². The molecule has 4 heteroatoms. The van der Waals surface area contributed by atoms with Gasteiger partial charge in [0.2, 0.25) is 0 Å². The first-order valence-electron chi connectivity index (χ1n) is 4.11. The summed E-state index contributed by atoms with van der Waals surface area (Å²) >= 11 is 0. The number of benzene rings is 1. The predicted octanol–water partition coefficient (Wildman–Crippen LogP) is 1.03. The second-order valence-corrected chi connectivity index (χ2v) is 2.96. The van der Waals surface area contributed by atoms with Gasteiger partial charge in [-0.2, -0.15) is 4.80 Å². The fourth-order valence-corrected chi connectivity index (χ4v) is 1.23. The topological polar surface area (TPSA) is 43.6 Å². The van der Waals surface area contributed by atoms with Crippen molar-refractivity contribution in [3.05, 3.63) is 41.7 Å². The molecule has 2 aromatic rings. The largest absolute Gasteiger partial charge is 0.162 e. The van der Waals surface area contributed by atoms with E-state index in [9.17, 15) is 0 Å². The van der Waals surface area contributed by atoms with Crippen LogP contribution in [0.15, 0.2) is 30.6 Å². The van der Waals surface area contributed by atoms with Crippen LogP contribution in [0, 0.1) is 6.92 Å². The average molecular weight is 174 g/mol. The van der Waals surface area contributed by atoms with E-state index in [0.717, 1.165) is 0 Å². The third-order valence-corrected chi connectivity index (χ3v) is 1.80. The molecule has 1 aromatic heterocycles. The molecule has 0 saturated carbocycles. The molecule has 13 heavy (non-hydrogen) atoms. The van der Waals surface area contributed by atoms with E-state index in [-0.39, 0.29) is 0 Å². The van der Waals surface area contributed by atoms with Crippen LogP contribution in [0.1, 0.15) is 11.1 Å². The molecule has 0 aliphatic rings. The van der Waals surface area contributed by atoms with Gasteiger partial charge in [0.05, 0.1) is 6.54 Å². The summed E-state index contributed by atoms with van der Waals surface area (Å²) in [6, 6.07) is 8.26. The molecule has 4 nitrogen and oxygen atoms in total. The third-order valence-electron chi connectivity index (χ3n) is 1.80. The summed E-state index contributed by atoms with van der Waals surface area (Å²) in [4.78, 5) is 1.56. The number of hydrogen-bond acceptors (Lipinski definition) is 3. The van der Waals surface area contributed by atoms with Crippen molar-refractivity contribution in [2.24, 2.45) is 0 Å². The lowest BCUT2D eigenvalue weighted by molar-refractivity contribution is 0.572. The first-order valence-corrected chi connectivity index (χ1v) is 4.11. The van der Waals surface area contributed by atoms with Gasteiger partial charge in [-0.05, 0) is 17.7 Å². The zero-order chi connectivity index (χ0) is 9.10. The highest BCUT2D eigenvalue weighted by atomic mass is 15.6. The first-order chi connectivity index (χ1) is 6.34. The lowest BCUT2D eigenvalue weighted by Gasteiger charge is -1.99. The number of aryl methyl sites for hydroxylation is 1. The summed E-state index contributed by atoms with van der Waals surface area (Å²) in [6.07, 6.45) is 1.44. The molecule has 1 aromatic carbocycles. The highest BCUT2D eigenvalue weighted by Crippen LogP contribution is 2.04. The van der Waals surface area contributed by atoms with Gasteiger partial charge in [-0.15, -0.1) is 10.2 Å². The Balaban J connectivity index is 2.19. The molecule has 0 atom stereocenters. The van der Waals surface area contributed by atoms with Gasteiger partial charge in [0.1, 0.15) is 0 Å². The molecule has 0 spiro atoms. The van der Waals surface area contributed by atoms with Crippen molar-refractivity contribution in [2.75, 3.05) is 0 Å². The molecule has 0 unspecified atom stereocenters. The Morgan fingerprint density at radius 3 is 3.00 bits per heavy atom. The van der Waals surface area contributed by atoms with Crippen molar-refractivity contribution >= 4 is 0 Å². The Kier molecular flexibility index (Phi) is 2.04. The van der Waals surface area contributed by atoms with E-state index in [1.165, 1.54) is 17.5 Å². The van der Waals surface area contributed by atoms with E-state index in [0.29, 0.717) is 6.54 Å². The molecule has 0 bridgehead atoms. The van der Waals surface area contributed by atoms with Gasteiger partial charge in [-0.1, -0.05) is 29.8 Å². The van der Waals surface area contributed by atoms with Gasteiger partial charge in [-0.3, -0.25) is 0 Å². The monoisotopic (exact) mass is 174 g/mol. The predicted molar refractivity (Wildman–Crippen MR) is 48.1 cm³/mol. The van der Waals surface area contributed by atoms with E-state index in [2.05, 4.69) is 40.5 Å². The summed E-state index contributed by atoms with van der Waals surface area (Å²) in [5.74, 6) is 0. The Bertz CT molecular complexity index is 380. The van der Waals surface area contributed by atoms with Crippen molar-refractivity contribution in [1.82, 2.24) is 20.2 Å². The molecule has 1 heterocycles. The van der Waals surface area contributed by atoms with E-state index < -0.39 is 0 Å².